The molecule has 0 spiro atoms. The van der Waals surface area contributed by atoms with Crippen LogP contribution in [0.1, 0.15) is 25.3 Å². The van der Waals surface area contributed by atoms with E-state index in [1.54, 1.807) is 12.1 Å². The second-order valence-corrected chi connectivity index (χ2v) is 6.76. The molecule has 0 saturated carbocycles. The lowest BCUT2D eigenvalue weighted by atomic mass is 10.0. The molecule has 1 aromatic carbocycles. The summed E-state index contributed by atoms with van der Waals surface area (Å²) in [6.07, 6.45) is 2.94. The Morgan fingerprint density at radius 2 is 2.10 bits per heavy atom. The first-order valence-corrected chi connectivity index (χ1v) is 8.40. The van der Waals surface area contributed by atoms with Gasteiger partial charge in [-0.15, -0.1) is 12.4 Å². The third-order valence-corrected chi connectivity index (χ3v) is 5.13. The fourth-order valence-electron chi connectivity index (χ4n) is 2.46. The van der Waals surface area contributed by atoms with Gasteiger partial charge in [0, 0.05) is 6.54 Å². The van der Waals surface area contributed by atoms with Gasteiger partial charge in [0.15, 0.2) is 0 Å². The van der Waals surface area contributed by atoms with Crippen LogP contribution in [0.5, 0.6) is 0 Å². The summed E-state index contributed by atoms with van der Waals surface area (Å²) < 4.78 is 27.4. The van der Waals surface area contributed by atoms with Crippen molar-refractivity contribution in [1.82, 2.24) is 10.0 Å². The van der Waals surface area contributed by atoms with Gasteiger partial charge in [-0.3, -0.25) is 0 Å². The minimum Gasteiger partial charge on any atom is -0.316 e. The van der Waals surface area contributed by atoms with Crippen molar-refractivity contribution >= 4 is 22.4 Å². The first-order valence-electron chi connectivity index (χ1n) is 6.91. The minimum absolute atomic E-state index is 0. The summed E-state index contributed by atoms with van der Waals surface area (Å²) in [6.45, 7) is 4.44. The molecule has 0 bridgehead atoms. The van der Waals surface area contributed by atoms with E-state index in [-0.39, 0.29) is 12.4 Å². The molecule has 1 fully saturated rings. The fraction of sp³-hybridized carbons (Fsp3) is 0.571. The number of sulfonamides is 1. The summed E-state index contributed by atoms with van der Waals surface area (Å²) in [4.78, 5) is 0.418. The number of rotatable bonds is 5. The van der Waals surface area contributed by atoms with Crippen molar-refractivity contribution in [3.63, 3.8) is 0 Å². The van der Waals surface area contributed by atoms with Crippen molar-refractivity contribution in [3.8, 4) is 0 Å². The van der Waals surface area contributed by atoms with Gasteiger partial charge in [-0.1, -0.05) is 25.1 Å². The largest absolute Gasteiger partial charge is 0.316 e. The van der Waals surface area contributed by atoms with Crippen molar-refractivity contribution in [3.05, 3.63) is 29.8 Å². The van der Waals surface area contributed by atoms with Crippen molar-refractivity contribution in [2.24, 2.45) is 5.92 Å². The molecule has 1 unspecified atom stereocenters. The topological polar surface area (TPSA) is 58.2 Å². The Morgan fingerprint density at radius 3 is 2.75 bits per heavy atom. The number of nitrogens with one attached hydrogen (secondary N) is 2. The number of benzene rings is 1. The molecular weight excluding hydrogens is 296 g/mol. The SMILES string of the molecule is CCc1ccccc1S(=O)(=O)NCC1CCCNC1.Cl. The van der Waals surface area contributed by atoms with Gasteiger partial charge in [0.1, 0.15) is 0 Å². The molecule has 1 aliphatic rings. The van der Waals surface area contributed by atoms with Gasteiger partial charge in [-0.05, 0) is 49.9 Å². The van der Waals surface area contributed by atoms with Gasteiger partial charge in [0.2, 0.25) is 10.0 Å². The van der Waals surface area contributed by atoms with E-state index in [2.05, 4.69) is 10.0 Å². The third kappa shape index (κ3) is 4.45. The van der Waals surface area contributed by atoms with E-state index in [0.717, 1.165) is 37.9 Å². The smallest absolute Gasteiger partial charge is 0.240 e. The zero-order valence-electron chi connectivity index (χ0n) is 11.8. The van der Waals surface area contributed by atoms with Crippen LogP contribution in [0, 0.1) is 5.92 Å². The molecule has 1 saturated heterocycles. The molecule has 0 amide bonds. The van der Waals surface area contributed by atoms with Gasteiger partial charge in [0.05, 0.1) is 4.90 Å². The van der Waals surface area contributed by atoms with Gasteiger partial charge in [-0.2, -0.15) is 0 Å². The molecule has 0 aliphatic carbocycles. The molecule has 1 aliphatic heterocycles. The zero-order chi connectivity index (χ0) is 13.7. The molecule has 1 atom stereocenters. The Bertz CT molecular complexity index is 514. The summed E-state index contributed by atoms with van der Waals surface area (Å²) in [5.74, 6) is 0.400. The van der Waals surface area contributed by atoms with E-state index < -0.39 is 10.0 Å². The highest BCUT2D eigenvalue weighted by molar-refractivity contribution is 7.89. The predicted molar refractivity (Wildman–Crippen MR) is 83.9 cm³/mol. The maximum absolute atomic E-state index is 12.3. The number of aryl methyl sites for hydroxylation is 1. The summed E-state index contributed by atoms with van der Waals surface area (Å²) in [7, 11) is -3.38. The van der Waals surface area contributed by atoms with Crippen LogP contribution in [-0.2, 0) is 16.4 Å². The van der Waals surface area contributed by atoms with Crippen molar-refractivity contribution in [2.75, 3.05) is 19.6 Å². The second kappa shape index (κ2) is 7.98. The van der Waals surface area contributed by atoms with E-state index >= 15 is 0 Å². The number of hydrogen-bond acceptors (Lipinski definition) is 3. The highest BCUT2D eigenvalue weighted by atomic mass is 35.5. The Morgan fingerprint density at radius 1 is 1.35 bits per heavy atom. The van der Waals surface area contributed by atoms with E-state index in [9.17, 15) is 8.42 Å². The van der Waals surface area contributed by atoms with Crippen LogP contribution in [0.15, 0.2) is 29.2 Å². The maximum Gasteiger partial charge on any atom is 0.240 e. The molecule has 2 N–H and O–H groups in total. The number of hydrogen-bond donors (Lipinski definition) is 2. The maximum atomic E-state index is 12.3. The molecular formula is C14H23ClN2O2S. The Kier molecular flexibility index (Phi) is 6.95. The fourth-order valence-corrected chi connectivity index (χ4v) is 3.89. The summed E-state index contributed by atoms with van der Waals surface area (Å²) >= 11 is 0. The molecule has 20 heavy (non-hydrogen) atoms. The van der Waals surface area contributed by atoms with Crippen molar-refractivity contribution in [1.29, 1.82) is 0 Å². The molecule has 2 rings (SSSR count). The molecule has 0 aromatic heterocycles. The van der Waals surface area contributed by atoms with Crippen LogP contribution in [0.3, 0.4) is 0 Å². The summed E-state index contributed by atoms with van der Waals surface area (Å²) in [5, 5.41) is 3.30. The Balaban J connectivity index is 0.00000200. The highest BCUT2D eigenvalue weighted by Gasteiger charge is 2.20. The second-order valence-electron chi connectivity index (χ2n) is 5.03. The van der Waals surface area contributed by atoms with E-state index in [1.807, 2.05) is 19.1 Å². The van der Waals surface area contributed by atoms with Gasteiger partial charge in [-0.25, -0.2) is 13.1 Å². The Hall–Kier alpha value is -0.620. The lowest BCUT2D eigenvalue weighted by Gasteiger charge is -2.23. The molecule has 1 aromatic rings. The third-order valence-electron chi connectivity index (χ3n) is 3.60. The first kappa shape index (κ1) is 17.4. The summed E-state index contributed by atoms with van der Waals surface area (Å²) in [6, 6.07) is 7.20. The van der Waals surface area contributed by atoms with Crippen LogP contribution in [0.2, 0.25) is 0 Å². The molecule has 114 valence electrons. The minimum atomic E-state index is -3.38. The van der Waals surface area contributed by atoms with Crippen LogP contribution in [0.4, 0.5) is 0 Å². The van der Waals surface area contributed by atoms with Gasteiger partial charge in [0.25, 0.3) is 0 Å². The lowest BCUT2D eigenvalue weighted by Crippen LogP contribution is -2.38. The Labute approximate surface area is 127 Å². The summed E-state index contributed by atoms with van der Waals surface area (Å²) in [5.41, 5.74) is 0.872. The molecule has 6 heteroatoms. The normalized spacial score (nSPS) is 19.4. The average molecular weight is 319 g/mol. The monoisotopic (exact) mass is 318 g/mol. The zero-order valence-corrected chi connectivity index (χ0v) is 13.4. The van der Waals surface area contributed by atoms with Crippen LogP contribution in [-0.4, -0.2) is 28.1 Å². The van der Waals surface area contributed by atoms with E-state index in [0.29, 0.717) is 17.4 Å². The van der Waals surface area contributed by atoms with E-state index in [4.69, 9.17) is 0 Å². The highest BCUT2D eigenvalue weighted by Crippen LogP contribution is 2.16. The standard InChI is InChI=1S/C14H22N2O2S.ClH/c1-2-13-7-3-4-8-14(13)19(17,18)16-11-12-6-5-9-15-10-12;/h3-4,7-8,12,15-16H,2,5-6,9-11H2,1H3;1H. The van der Waals surface area contributed by atoms with Gasteiger partial charge < -0.3 is 5.32 Å². The number of piperidine rings is 1. The predicted octanol–water partition coefficient (Wildman–Crippen LogP) is 1.95. The quantitative estimate of drug-likeness (QED) is 0.872. The lowest BCUT2D eigenvalue weighted by molar-refractivity contribution is 0.376. The average Bonchev–Trinajstić information content (AvgIpc) is 2.46. The molecule has 1 heterocycles. The van der Waals surface area contributed by atoms with Crippen molar-refractivity contribution in [2.45, 2.75) is 31.1 Å². The molecule has 0 radical (unpaired) electrons. The van der Waals surface area contributed by atoms with Crippen LogP contribution < -0.4 is 10.0 Å². The molecule has 4 nitrogen and oxygen atoms in total. The van der Waals surface area contributed by atoms with Crippen molar-refractivity contribution < 1.29 is 8.42 Å². The van der Waals surface area contributed by atoms with Gasteiger partial charge >= 0.3 is 0 Å². The first-order chi connectivity index (χ1) is 9.13. The van der Waals surface area contributed by atoms with Crippen LogP contribution in [0.25, 0.3) is 0 Å². The van der Waals surface area contributed by atoms with E-state index in [1.165, 1.54) is 0 Å². The van der Waals surface area contributed by atoms with Crippen LogP contribution >= 0.6 is 12.4 Å². The number of halogens is 1.